The lowest BCUT2D eigenvalue weighted by molar-refractivity contribution is -0.142. The Morgan fingerprint density at radius 2 is 2.23 bits per heavy atom. The number of hydrogen-bond acceptors (Lipinski definition) is 3. The Morgan fingerprint density at radius 3 is 2.62 bits per heavy atom. The number of carbonyl (C=O) groups excluding carboxylic acids is 1. The van der Waals surface area contributed by atoms with Gasteiger partial charge in [0.15, 0.2) is 0 Å². The first-order valence-corrected chi connectivity index (χ1v) is 4.32. The highest BCUT2D eigenvalue weighted by Gasteiger charge is 2.32. The van der Waals surface area contributed by atoms with Crippen LogP contribution in [-0.2, 0) is 4.79 Å². The first-order valence-electron chi connectivity index (χ1n) is 4.32. The zero-order valence-corrected chi connectivity index (χ0v) is 7.95. The average molecular weight is 182 g/mol. The van der Waals surface area contributed by atoms with E-state index in [1.165, 1.54) is 0 Å². The van der Waals surface area contributed by atoms with Crippen molar-refractivity contribution in [2.75, 3.05) is 13.1 Å². The van der Waals surface area contributed by atoms with E-state index in [0.717, 1.165) is 0 Å². The molecule has 0 radical (unpaired) electrons. The first-order chi connectivity index (χ1) is 5.94. The third-order valence-corrected chi connectivity index (χ3v) is 2.11. The van der Waals surface area contributed by atoms with Crippen LogP contribution in [0, 0.1) is 16.7 Å². The summed E-state index contributed by atoms with van der Waals surface area (Å²) in [6, 6.07) is 2.08. The molecule has 1 fully saturated rings. The van der Waals surface area contributed by atoms with Gasteiger partial charge in [0.1, 0.15) is 0 Å². The largest absolute Gasteiger partial charge is 0.389 e. The molecule has 0 atom stereocenters. The van der Waals surface area contributed by atoms with Crippen LogP contribution in [-0.4, -0.2) is 35.1 Å². The molecule has 0 spiro atoms. The summed E-state index contributed by atoms with van der Waals surface area (Å²) in [5, 5.41) is 17.7. The molecule has 1 N–H and O–H groups in total. The van der Waals surface area contributed by atoms with E-state index < -0.39 is 5.41 Å². The molecule has 4 nitrogen and oxygen atoms in total. The summed E-state index contributed by atoms with van der Waals surface area (Å²) in [7, 11) is 0. The number of aliphatic hydroxyl groups is 1. The van der Waals surface area contributed by atoms with Gasteiger partial charge in [-0.1, -0.05) is 0 Å². The van der Waals surface area contributed by atoms with E-state index in [-0.39, 0.29) is 18.4 Å². The molecule has 0 unspecified atom stereocenters. The zero-order valence-electron chi connectivity index (χ0n) is 7.95. The molecular formula is C9H14N2O2. The van der Waals surface area contributed by atoms with Gasteiger partial charge in [0.05, 0.1) is 17.6 Å². The molecule has 1 amide bonds. The number of carbonyl (C=O) groups is 1. The molecule has 1 aliphatic heterocycles. The molecule has 13 heavy (non-hydrogen) atoms. The van der Waals surface area contributed by atoms with Crippen LogP contribution >= 0.6 is 0 Å². The van der Waals surface area contributed by atoms with Crippen LogP contribution in [0.2, 0.25) is 0 Å². The number of rotatable bonds is 2. The fourth-order valence-electron chi connectivity index (χ4n) is 1.19. The molecule has 0 aromatic rings. The van der Waals surface area contributed by atoms with Gasteiger partial charge in [-0.25, -0.2) is 0 Å². The molecule has 1 aliphatic rings. The van der Waals surface area contributed by atoms with Crippen LogP contribution in [0.3, 0.4) is 0 Å². The van der Waals surface area contributed by atoms with Crippen molar-refractivity contribution in [1.82, 2.24) is 4.90 Å². The Morgan fingerprint density at radius 1 is 1.69 bits per heavy atom. The van der Waals surface area contributed by atoms with Crippen LogP contribution in [0.4, 0.5) is 0 Å². The van der Waals surface area contributed by atoms with Gasteiger partial charge in [-0.15, -0.1) is 0 Å². The topological polar surface area (TPSA) is 64.3 Å². The SMILES string of the molecule is CC(C)(C#N)CC(=O)N1CC(O)C1. The lowest BCUT2D eigenvalue weighted by Crippen LogP contribution is -2.54. The van der Waals surface area contributed by atoms with E-state index in [4.69, 9.17) is 10.4 Å². The maximum Gasteiger partial charge on any atom is 0.224 e. The van der Waals surface area contributed by atoms with Gasteiger partial charge in [0, 0.05) is 19.5 Å². The van der Waals surface area contributed by atoms with E-state index in [1.807, 2.05) is 0 Å². The van der Waals surface area contributed by atoms with Gasteiger partial charge in [-0.05, 0) is 13.8 Å². The van der Waals surface area contributed by atoms with Crippen molar-refractivity contribution in [2.24, 2.45) is 5.41 Å². The molecule has 0 aromatic carbocycles. The number of β-amino-alcohol motifs (C(OH)–C–C–N with tert-alkyl or cyclic N) is 1. The Kier molecular flexibility index (Phi) is 2.58. The van der Waals surface area contributed by atoms with Crippen LogP contribution in [0.5, 0.6) is 0 Å². The fraction of sp³-hybridized carbons (Fsp3) is 0.778. The Balaban J connectivity index is 2.39. The maximum absolute atomic E-state index is 11.4. The quantitative estimate of drug-likeness (QED) is 0.660. The Labute approximate surface area is 77.8 Å². The summed E-state index contributed by atoms with van der Waals surface area (Å²) in [6.45, 7) is 4.31. The molecule has 0 aromatic heterocycles. The monoisotopic (exact) mass is 182 g/mol. The summed E-state index contributed by atoms with van der Waals surface area (Å²) in [6.07, 6.45) is -0.134. The van der Waals surface area contributed by atoms with Crippen LogP contribution in [0.15, 0.2) is 0 Å². The summed E-state index contributed by atoms with van der Waals surface area (Å²) in [5.41, 5.74) is -0.600. The second-order valence-electron chi connectivity index (χ2n) is 4.13. The number of nitriles is 1. The van der Waals surface area contributed by atoms with Gasteiger partial charge in [0.25, 0.3) is 0 Å². The normalized spacial score (nSPS) is 17.8. The maximum atomic E-state index is 11.4. The number of aliphatic hydroxyl groups excluding tert-OH is 1. The van der Waals surface area contributed by atoms with E-state index >= 15 is 0 Å². The highest BCUT2D eigenvalue weighted by molar-refractivity contribution is 5.78. The average Bonchev–Trinajstić information content (AvgIpc) is 1.98. The highest BCUT2D eigenvalue weighted by atomic mass is 16.3. The first kappa shape index (κ1) is 10.0. The van der Waals surface area contributed by atoms with Gasteiger partial charge in [-0.2, -0.15) is 5.26 Å². The standard InChI is InChI=1S/C9H14N2O2/c1-9(2,6-10)3-8(13)11-4-7(12)5-11/h7,12H,3-5H2,1-2H3. The summed E-state index contributed by atoms with van der Waals surface area (Å²) in [4.78, 5) is 13.0. The Hall–Kier alpha value is -1.08. The van der Waals surface area contributed by atoms with Gasteiger partial charge >= 0.3 is 0 Å². The second kappa shape index (κ2) is 3.35. The van der Waals surface area contributed by atoms with Crippen molar-refractivity contribution in [2.45, 2.75) is 26.4 Å². The van der Waals surface area contributed by atoms with E-state index in [1.54, 1.807) is 18.7 Å². The van der Waals surface area contributed by atoms with Crippen LogP contribution < -0.4 is 0 Å². The summed E-state index contributed by atoms with van der Waals surface area (Å²) < 4.78 is 0. The van der Waals surface area contributed by atoms with Crippen molar-refractivity contribution in [1.29, 1.82) is 5.26 Å². The van der Waals surface area contributed by atoms with Crippen molar-refractivity contribution in [3.63, 3.8) is 0 Å². The van der Waals surface area contributed by atoms with Crippen LogP contribution in [0.1, 0.15) is 20.3 Å². The Bertz CT molecular complexity index is 249. The summed E-state index contributed by atoms with van der Waals surface area (Å²) in [5.74, 6) is -0.0446. The molecule has 0 bridgehead atoms. The van der Waals surface area contributed by atoms with Crippen molar-refractivity contribution >= 4 is 5.91 Å². The minimum atomic E-state index is -0.600. The predicted octanol–water partition coefficient (Wildman–Crippen LogP) is 0.129. The highest BCUT2D eigenvalue weighted by Crippen LogP contribution is 2.21. The zero-order chi connectivity index (χ0) is 10.1. The molecule has 4 heteroatoms. The van der Waals surface area contributed by atoms with E-state index in [0.29, 0.717) is 13.1 Å². The minimum absolute atomic E-state index is 0.0446. The molecule has 1 heterocycles. The number of likely N-dealkylation sites (tertiary alicyclic amines) is 1. The lowest BCUT2D eigenvalue weighted by Gasteiger charge is -2.37. The molecule has 72 valence electrons. The second-order valence-corrected chi connectivity index (χ2v) is 4.13. The fourth-order valence-corrected chi connectivity index (χ4v) is 1.19. The molecule has 0 aliphatic carbocycles. The minimum Gasteiger partial charge on any atom is -0.389 e. The van der Waals surface area contributed by atoms with Gasteiger partial charge in [-0.3, -0.25) is 4.79 Å². The number of amides is 1. The lowest BCUT2D eigenvalue weighted by atomic mass is 9.90. The number of hydrogen-bond donors (Lipinski definition) is 1. The molecule has 0 saturated carbocycles. The molecular weight excluding hydrogens is 168 g/mol. The molecule has 1 saturated heterocycles. The summed E-state index contributed by atoms with van der Waals surface area (Å²) >= 11 is 0. The van der Waals surface area contributed by atoms with Gasteiger partial charge in [0.2, 0.25) is 5.91 Å². The van der Waals surface area contributed by atoms with Crippen molar-refractivity contribution in [3.8, 4) is 6.07 Å². The van der Waals surface area contributed by atoms with E-state index in [9.17, 15) is 4.79 Å². The smallest absolute Gasteiger partial charge is 0.224 e. The number of nitrogens with zero attached hydrogens (tertiary/aromatic N) is 2. The molecule has 1 rings (SSSR count). The van der Waals surface area contributed by atoms with Crippen LogP contribution in [0.25, 0.3) is 0 Å². The van der Waals surface area contributed by atoms with Crippen molar-refractivity contribution in [3.05, 3.63) is 0 Å². The third-order valence-electron chi connectivity index (χ3n) is 2.11. The third kappa shape index (κ3) is 2.43. The van der Waals surface area contributed by atoms with E-state index in [2.05, 4.69) is 6.07 Å². The predicted molar refractivity (Wildman–Crippen MR) is 46.6 cm³/mol. The van der Waals surface area contributed by atoms with Gasteiger partial charge < -0.3 is 10.0 Å². The van der Waals surface area contributed by atoms with Crippen molar-refractivity contribution < 1.29 is 9.90 Å².